The van der Waals surface area contributed by atoms with Crippen LogP contribution in [0, 0.1) is 6.92 Å². The maximum Gasteiger partial charge on any atom is 0.264 e. The highest BCUT2D eigenvalue weighted by Gasteiger charge is 2.33. The van der Waals surface area contributed by atoms with E-state index in [1.807, 2.05) is 65.0 Å². The first-order valence-corrected chi connectivity index (χ1v) is 14.7. The van der Waals surface area contributed by atoms with E-state index in [-0.39, 0.29) is 17.3 Å². The molecule has 0 aliphatic carbocycles. The van der Waals surface area contributed by atoms with E-state index in [1.165, 1.54) is 17.0 Å². The van der Waals surface area contributed by atoms with Crippen molar-refractivity contribution in [1.82, 2.24) is 10.2 Å². The second-order valence-electron chi connectivity index (χ2n) is 10.7. The molecule has 0 aliphatic heterocycles. The molecule has 0 spiro atoms. The van der Waals surface area contributed by atoms with Gasteiger partial charge in [-0.2, -0.15) is 0 Å². The Morgan fingerprint density at radius 2 is 1.52 bits per heavy atom. The van der Waals surface area contributed by atoms with Gasteiger partial charge in [-0.1, -0.05) is 48.0 Å². The van der Waals surface area contributed by atoms with E-state index in [0.717, 1.165) is 15.4 Å². The summed E-state index contributed by atoms with van der Waals surface area (Å²) in [5, 5.41) is 2.93. The van der Waals surface area contributed by atoms with Crippen LogP contribution in [0.5, 0.6) is 5.75 Å². The number of amides is 2. The highest BCUT2D eigenvalue weighted by molar-refractivity contribution is 7.92. The number of aryl methyl sites for hydroxylation is 1. The molecule has 214 valence electrons. The molecule has 8 nitrogen and oxygen atoms in total. The van der Waals surface area contributed by atoms with Crippen molar-refractivity contribution in [1.29, 1.82) is 0 Å². The zero-order valence-corrected chi connectivity index (χ0v) is 24.9. The van der Waals surface area contributed by atoms with Crippen LogP contribution in [0.15, 0.2) is 83.8 Å². The number of anilines is 1. The molecule has 0 saturated heterocycles. The molecule has 3 aromatic carbocycles. The maximum absolute atomic E-state index is 13.9. The van der Waals surface area contributed by atoms with E-state index in [9.17, 15) is 18.0 Å². The van der Waals surface area contributed by atoms with Crippen LogP contribution in [0.4, 0.5) is 5.69 Å². The molecule has 9 heteroatoms. The average Bonchev–Trinajstić information content (AvgIpc) is 2.90. The van der Waals surface area contributed by atoms with E-state index < -0.39 is 34.1 Å². The van der Waals surface area contributed by atoms with Crippen LogP contribution in [0.25, 0.3) is 0 Å². The van der Waals surface area contributed by atoms with Gasteiger partial charge in [-0.25, -0.2) is 8.42 Å². The van der Waals surface area contributed by atoms with Crippen LogP contribution in [-0.2, 0) is 26.2 Å². The first-order valence-electron chi connectivity index (χ1n) is 13.3. The smallest absolute Gasteiger partial charge is 0.264 e. The van der Waals surface area contributed by atoms with Crippen LogP contribution < -0.4 is 14.4 Å². The number of carbonyl (C=O) groups is 2. The van der Waals surface area contributed by atoms with E-state index in [1.54, 1.807) is 43.3 Å². The highest BCUT2D eigenvalue weighted by atomic mass is 32.2. The van der Waals surface area contributed by atoms with Crippen LogP contribution in [-0.4, -0.2) is 49.9 Å². The van der Waals surface area contributed by atoms with Crippen LogP contribution in [0.1, 0.15) is 45.7 Å². The number of benzene rings is 3. The van der Waals surface area contributed by atoms with Crippen molar-refractivity contribution >= 4 is 27.5 Å². The lowest BCUT2D eigenvalue weighted by molar-refractivity contribution is -0.140. The minimum absolute atomic E-state index is 0.0254. The third kappa shape index (κ3) is 8.08. The number of ether oxygens (including phenoxy) is 1. The quantitative estimate of drug-likeness (QED) is 0.356. The van der Waals surface area contributed by atoms with Gasteiger partial charge in [-0.15, -0.1) is 0 Å². The summed E-state index contributed by atoms with van der Waals surface area (Å²) in [7, 11) is -4.15. The molecule has 2 amide bonds. The number of rotatable bonds is 11. The summed E-state index contributed by atoms with van der Waals surface area (Å²) in [6.45, 7) is 11.1. The lowest BCUT2D eigenvalue weighted by Gasteiger charge is -2.33. The molecule has 0 fully saturated rings. The zero-order chi connectivity index (χ0) is 29.5. The van der Waals surface area contributed by atoms with E-state index >= 15 is 0 Å². The molecule has 1 N–H and O–H groups in total. The van der Waals surface area contributed by atoms with Crippen molar-refractivity contribution in [3.8, 4) is 5.75 Å². The Labute approximate surface area is 238 Å². The fraction of sp³-hybridized carbons (Fsp3) is 0.355. The van der Waals surface area contributed by atoms with E-state index in [4.69, 9.17) is 4.74 Å². The average molecular weight is 566 g/mol. The maximum atomic E-state index is 13.9. The monoisotopic (exact) mass is 565 g/mol. The predicted molar refractivity (Wildman–Crippen MR) is 158 cm³/mol. The highest BCUT2D eigenvalue weighted by Crippen LogP contribution is 2.26. The Morgan fingerprint density at radius 3 is 2.08 bits per heavy atom. The minimum Gasteiger partial charge on any atom is -0.494 e. The fourth-order valence-corrected chi connectivity index (χ4v) is 5.49. The molecule has 0 aliphatic rings. The summed E-state index contributed by atoms with van der Waals surface area (Å²) in [4.78, 5) is 28.5. The lowest BCUT2D eigenvalue weighted by atomic mass is 10.1. The Morgan fingerprint density at radius 1 is 0.925 bits per heavy atom. The third-order valence-electron chi connectivity index (χ3n) is 6.18. The number of carbonyl (C=O) groups excluding carboxylic acids is 2. The second kappa shape index (κ2) is 13.0. The van der Waals surface area contributed by atoms with Crippen molar-refractivity contribution in [3.63, 3.8) is 0 Å². The molecule has 0 radical (unpaired) electrons. The summed E-state index contributed by atoms with van der Waals surface area (Å²) in [6, 6.07) is 21.5. The molecular formula is C31H39N3O5S. The number of hydrogen-bond donors (Lipinski definition) is 1. The largest absolute Gasteiger partial charge is 0.494 e. The summed E-state index contributed by atoms with van der Waals surface area (Å²) in [5.41, 5.74) is 1.62. The Balaban J connectivity index is 2.01. The summed E-state index contributed by atoms with van der Waals surface area (Å²) >= 11 is 0. The van der Waals surface area contributed by atoms with Crippen molar-refractivity contribution in [2.24, 2.45) is 0 Å². The second-order valence-corrected chi connectivity index (χ2v) is 12.5. The summed E-state index contributed by atoms with van der Waals surface area (Å²) < 4.78 is 34.4. The van der Waals surface area contributed by atoms with Crippen molar-refractivity contribution in [2.45, 2.75) is 64.6 Å². The molecule has 0 bridgehead atoms. The Hall–Kier alpha value is -3.85. The van der Waals surface area contributed by atoms with Gasteiger partial charge in [0, 0.05) is 12.1 Å². The number of hydrogen-bond acceptors (Lipinski definition) is 5. The van der Waals surface area contributed by atoms with Gasteiger partial charge in [-0.05, 0) is 83.5 Å². The SMILES string of the molecule is CCOc1ccc(S(=O)(=O)N(CC(=O)N(Cc2ccccc2)[C@H](C)C(=O)NC(C)(C)C)c2ccc(C)cc2)cc1. The molecule has 0 aromatic heterocycles. The summed E-state index contributed by atoms with van der Waals surface area (Å²) in [6.07, 6.45) is 0. The van der Waals surface area contributed by atoms with Gasteiger partial charge < -0.3 is 15.0 Å². The number of nitrogens with zero attached hydrogens (tertiary/aromatic N) is 2. The fourth-order valence-electron chi connectivity index (χ4n) is 4.08. The van der Waals surface area contributed by atoms with Crippen molar-refractivity contribution in [3.05, 3.63) is 90.0 Å². The van der Waals surface area contributed by atoms with Gasteiger partial charge >= 0.3 is 0 Å². The topological polar surface area (TPSA) is 96.0 Å². The normalized spacial score (nSPS) is 12.3. The molecule has 3 aromatic rings. The minimum atomic E-state index is -4.15. The van der Waals surface area contributed by atoms with Crippen LogP contribution >= 0.6 is 0 Å². The first-order chi connectivity index (χ1) is 18.8. The van der Waals surface area contributed by atoms with Gasteiger partial charge in [0.2, 0.25) is 11.8 Å². The first kappa shape index (κ1) is 30.7. The van der Waals surface area contributed by atoms with Crippen molar-refractivity contribution < 1.29 is 22.7 Å². The van der Waals surface area contributed by atoms with E-state index in [0.29, 0.717) is 18.0 Å². The Kier molecular flexibility index (Phi) is 9.98. The standard InChI is InChI=1S/C31H39N3O5S/c1-7-39-27-17-19-28(20-18-27)40(37,38)34(26-15-13-23(2)14-16-26)22-29(35)33(21-25-11-9-8-10-12-25)24(3)30(36)32-31(4,5)6/h8-20,24H,7,21-22H2,1-6H3,(H,32,36)/t24-/m1/s1. The summed E-state index contributed by atoms with van der Waals surface area (Å²) in [5.74, 6) is -0.282. The zero-order valence-electron chi connectivity index (χ0n) is 24.0. The van der Waals surface area contributed by atoms with Crippen LogP contribution in [0.2, 0.25) is 0 Å². The molecule has 0 saturated carbocycles. The number of nitrogens with one attached hydrogen (secondary N) is 1. The molecule has 3 rings (SSSR count). The molecule has 0 heterocycles. The Bertz CT molecular complexity index is 1380. The van der Waals surface area contributed by atoms with Gasteiger partial charge in [0.05, 0.1) is 17.2 Å². The third-order valence-corrected chi connectivity index (χ3v) is 7.97. The van der Waals surface area contributed by atoms with Gasteiger partial charge in [0.25, 0.3) is 10.0 Å². The van der Waals surface area contributed by atoms with Gasteiger partial charge in [0.1, 0.15) is 18.3 Å². The van der Waals surface area contributed by atoms with Crippen molar-refractivity contribution in [2.75, 3.05) is 17.5 Å². The van der Waals surface area contributed by atoms with Gasteiger partial charge in [-0.3, -0.25) is 13.9 Å². The molecule has 1 atom stereocenters. The number of sulfonamides is 1. The lowest BCUT2D eigenvalue weighted by Crippen LogP contribution is -2.54. The molecule has 40 heavy (non-hydrogen) atoms. The van der Waals surface area contributed by atoms with Gasteiger partial charge in [0.15, 0.2) is 0 Å². The predicted octanol–water partition coefficient (Wildman–Crippen LogP) is 4.92. The molecule has 0 unspecified atom stereocenters. The van der Waals surface area contributed by atoms with E-state index in [2.05, 4.69) is 5.32 Å². The molecular weight excluding hydrogens is 526 g/mol. The van der Waals surface area contributed by atoms with Crippen LogP contribution in [0.3, 0.4) is 0 Å².